The first-order valence-corrected chi connectivity index (χ1v) is 8.13. The lowest BCUT2D eigenvalue weighted by Gasteiger charge is -2.17. The number of hydrogen-bond acceptors (Lipinski definition) is 5. The third-order valence-electron chi connectivity index (χ3n) is 4.24. The van der Waals surface area contributed by atoms with Gasteiger partial charge in [-0.1, -0.05) is 0 Å². The van der Waals surface area contributed by atoms with Gasteiger partial charge < -0.3 is 9.47 Å². The number of pyridine rings is 1. The number of aromatic nitrogens is 1. The summed E-state index contributed by atoms with van der Waals surface area (Å²) in [4.78, 5) is 28.5. The van der Waals surface area contributed by atoms with Crippen molar-refractivity contribution in [3.05, 3.63) is 53.6 Å². The van der Waals surface area contributed by atoms with Gasteiger partial charge in [-0.05, 0) is 43.9 Å². The summed E-state index contributed by atoms with van der Waals surface area (Å²) < 4.78 is 25.3. The van der Waals surface area contributed by atoms with Crippen LogP contribution >= 0.6 is 0 Å². The Morgan fingerprint density at radius 1 is 1.08 bits per heavy atom. The topological polar surface area (TPSA) is 65.5 Å². The zero-order valence-corrected chi connectivity index (χ0v) is 13.8. The fraction of sp³-hybridized carbons (Fsp3) is 0.316. The van der Waals surface area contributed by atoms with E-state index < -0.39 is 17.4 Å². The molecule has 0 aliphatic heterocycles. The highest BCUT2D eigenvalue weighted by Crippen LogP contribution is 2.34. The van der Waals surface area contributed by atoms with Crippen LogP contribution in [0.3, 0.4) is 0 Å². The van der Waals surface area contributed by atoms with E-state index in [2.05, 4.69) is 4.98 Å². The van der Waals surface area contributed by atoms with Crippen molar-refractivity contribution in [3.8, 4) is 11.5 Å². The van der Waals surface area contributed by atoms with Gasteiger partial charge in [-0.15, -0.1) is 0 Å². The van der Waals surface area contributed by atoms with E-state index >= 15 is 0 Å². The molecule has 1 aromatic carbocycles. The van der Waals surface area contributed by atoms with Gasteiger partial charge in [-0.2, -0.15) is 0 Å². The number of carbonyl (C=O) groups excluding carboxylic acids is 2. The molecule has 0 N–H and O–H groups in total. The molecule has 1 heterocycles. The fourth-order valence-corrected chi connectivity index (χ4v) is 2.90. The molecule has 0 amide bonds. The molecule has 2 aromatic rings. The number of halogens is 1. The van der Waals surface area contributed by atoms with Crippen molar-refractivity contribution in [1.82, 2.24) is 4.98 Å². The number of rotatable bonds is 6. The zero-order valence-electron chi connectivity index (χ0n) is 13.8. The van der Waals surface area contributed by atoms with E-state index in [0.29, 0.717) is 0 Å². The number of nitrogens with zero attached hydrogens (tertiary/aromatic N) is 1. The number of methoxy groups -OCH3 is 1. The van der Waals surface area contributed by atoms with E-state index in [-0.39, 0.29) is 28.7 Å². The lowest BCUT2D eigenvalue weighted by Crippen LogP contribution is -2.17. The molecular weight excluding hydrogens is 325 g/mol. The van der Waals surface area contributed by atoms with Crippen LogP contribution in [0.1, 0.15) is 46.4 Å². The lowest BCUT2D eigenvalue weighted by molar-refractivity contribution is 0.0814. The maximum absolute atomic E-state index is 14.3. The Bertz CT molecular complexity index is 786. The van der Waals surface area contributed by atoms with Gasteiger partial charge in [0.05, 0.1) is 18.8 Å². The van der Waals surface area contributed by atoms with Gasteiger partial charge >= 0.3 is 0 Å². The normalized spacial score (nSPS) is 14.3. The fourth-order valence-electron chi connectivity index (χ4n) is 2.90. The van der Waals surface area contributed by atoms with E-state index in [9.17, 15) is 14.0 Å². The molecule has 1 fully saturated rings. The van der Waals surface area contributed by atoms with Gasteiger partial charge in [0.25, 0.3) is 0 Å². The van der Waals surface area contributed by atoms with E-state index in [1.54, 1.807) is 0 Å². The SMILES string of the molecule is COc1cc(F)c(C(=O)C(=O)c2ccncc2)cc1OC1CCCC1. The molecule has 3 rings (SSSR count). The van der Waals surface area contributed by atoms with Crippen molar-refractivity contribution in [2.45, 2.75) is 31.8 Å². The molecule has 0 bridgehead atoms. The molecule has 1 aromatic heterocycles. The van der Waals surface area contributed by atoms with Crippen LogP contribution in [0.2, 0.25) is 0 Å². The van der Waals surface area contributed by atoms with Crippen molar-refractivity contribution in [1.29, 1.82) is 0 Å². The largest absolute Gasteiger partial charge is 0.493 e. The molecule has 0 unspecified atom stereocenters. The molecule has 130 valence electrons. The number of carbonyl (C=O) groups is 2. The summed E-state index contributed by atoms with van der Waals surface area (Å²) in [6.07, 6.45) is 6.76. The maximum atomic E-state index is 14.3. The van der Waals surface area contributed by atoms with Crippen LogP contribution in [0.15, 0.2) is 36.7 Å². The van der Waals surface area contributed by atoms with Crippen LogP contribution in [0.5, 0.6) is 11.5 Å². The van der Waals surface area contributed by atoms with Crippen LogP contribution in [0.4, 0.5) is 4.39 Å². The number of hydrogen-bond donors (Lipinski definition) is 0. The van der Waals surface area contributed by atoms with Crippen molar-refractivity contribution >= 4 is 11.6 Å². The Morgan fingerprint density at radius 3 is 2.40 bits per heavy atom. The summed E-state index contributed by atoms with van der Waals surface area (Å²) in [5, 5.41) is 0. The van der Waals surface area contributed by atoms with Crippen LogP contribution in [-0.2, 0) is 0 Å². The quantitative estimate of drug-likeness (QED) is 0.592. The third kappa shape index (κ3) is 3.68. The highest BCUT2D eigenvalue weighted by atomic mass is 19.1. The predicted molar refractivity (Wildman–Crippen MR) is 88.7 cm³/mol. The van der Waals surface area contributed by atoms with Crippen molar-refractivity contribution < 1.29 is 23.5 Å². The van der Waals surface area contributed by atoms with Gasteiger partial charge in [0.15, 0.2) is 11.5 Å². The highest BCUT2D eigenvalue weighted by molar-refractivity contribution is 6.49. The Labute approximate surface area is 144 Å². The minimum Gasteiger partial charge on any atom is -0.493 e. The standard InChI is InChI=1S/C19H18FNO4/c1-24-16-11-15(20)14(10-17(16)25-13-4-2-3-5-13)19(23)18(22)12-6-8-21-9-7-12/h6-11,13H,2-5H2,1H3. The van der Waals surface area contributed by atoms with Crippen molar-refractivity contribution in [2.75, 3.05) is 7.11 Å². The molecule has 0 radical (unpaired) electrons. The third-order valence-corrected chi connectivity index (χ3v) is 4.24. The average Bonchev–Trinajstić information content (AvgIpc) is 3.15. The highest BCUT2D eigenvalue weighted by Gasteiger charge is 2.25. The minimum absolute atomic E-state index is 0.0122. The Balaban J connectivity index is 1.92. The van der Waals surface area contributed by atoms with Gasteiger partial charge in [0.1, 0.15) is 5.82 Å². The van der Waals surface area contributed by atoms with Crippen LogP contribution in [-0.4, -0.2) is 29.8 Å². The lowest BCUT2D eigenvalue weighted by atomic mass is 10.0. The van der Waals surface area contributed by atoms with Crippen molar-refractivity contribution in [2.24, 2.45) is 0 Å². The van der Waals surface area contributed by atoms with Gasteiger partial charge in [0, 0.05) is 24.0 Å². The monoisotopic (exact) mass is 343 g/mol. The van der Waals surface area contributed by atoms with E-state index in [1.807, 2.05) is 0 Å². The molecule has 0 atom stereocenters. The zero-order chi connectivity index (χ0) is 17.8. The Hall–Kier alpha value is -2.76. The number of Topliss-reactive ketones (excluding diaryl/α,β-unsaturated/α-hetero) is 2. The number of benzene rings is 1. The summed E-state index contributed by atoms with van der Waals surface area (Å²) in [6.45, 7) is 0. The minimum atomic E-state index is -0.928. The average molecular weight is 343 g/mol. The first kappa shape index (κ1) is 17.1. The van der Waals surface area contributed by atoms with Gasteiger partial charge in [-0.25, -0.2) is 4.39 Å². The summed E-state index contributed by atoms with van der Waals surface area (Å²) in [5.74, 6) is -2.05. The summed E-state index contributed by atoms with van der Waals surface area (Å²) in [6, 6.07) is 5.17. The Kier molecular flexibility index (Phi) is 5.07. The van der Waals surface area contributed by atoms with Crippen molar-refractivity contribution in [3.63, 3.8) is 0 Å². The maximum Gasteiger partial charge on any atom is 0.236 e. The van der Waals surface area contributed by atoms with E-state index in [1.165, 1.54) is 37.7 Å². The molecule has 1 aliphatic carbocycles. The summed E-state index contributed by atoms with van der Waals surface area (Å²) >= 11 is 0. The van der Waals surface area contributed by atoms with E-state index in [4.69, 9.17) is 9.47 Å². The second-order valence-electron chi connectivity index (χ2n) is 5.90. The van der Waals surface area contributed by atoms with E-state index in [0.717, 1.165) is 31.7 Å². The van der Waals surface area contributed by atoms with Crippen LogP contribution < -0.4 is 9.47 Å². The van der Waals surface area contributed by atoms with Gasteiger partial charge in [0.2, 0.25) is 11.6 Å². The molecule has 1 saturated carbocycles. The molecule has 5 nitrogen and oxygen atoms in total. The molecule has 6 heteroatoms. The smallest absolute Gasteiger partial charge is 0.236 e. The Morgan fingerprint density at radius 2 is 1.76 bits per heavy atom. The molecule has 0 spiro atoms. The second-order valence-corrected chi connectivity index (χ2v) is 5.90. The number of ether oxygens (including phenoxy) is 2. The second kappa shape index (κ2) is 7.42. The molecular formula is C19H18FNO4. The summed E-state index contributed by atoms with van der Waals surface area (Å²) in [5.41, 5.74) is -0.163. The predicted octanol–water partition coefficient (Wildman–Crippen LogP) is 3.62. The van der Waals surface area contributed by atoms with Crippen LogP contribution in [0, 0.1) is 5.82 Å². The first-order valence-electron chi connectivity index (χ1n) is 8.13. The molecule has 25 heavy (non-hydrogen) atoms. The first-order chi connectivity index (χ1) is 12.1. The molecule has 0 saturated heterocycles. The summed E-state index contributed by atoms with van der Waals surface area (Å²) in [7, 11) is 1.40. The number of ketones is 2. The van der Waals surface area contributed by atoms with Crippen LogP contribution in [0.25, 0.3) is 0 Å². The van der Waals surface area contributed by atoms with Gasteiger partial charge in [-0.3, -0.25) is 14.6 Å². The molecule has 1 aliphatic rings.